The van der Waals surface area contributed by atoms with Crippen molar-refractivity contribution in [2.75, 3.05) is 19.0 Å². The number of rotatable bonds is 6. The molecule has 3 aromatic rings. The van der Waals surface area contributed by atoms with Crippen LogP contribution in [0.25, 0.3) is 11.0 Å². The lowest BCUT2D eigenvalue weighted by atomic mass is 10.2. The van der Waals surface area contributed by atoms with Gasteiger partial charge in [-0.3, -0.25) is 9.67 Å². The number of nitrogens with one attached hydrogen (secondary N) is 1. The van der Waals surface area contributed by atoms with E-state index in [2.05, 4.69) is 32.1 Å². The molecular formula is C22H23N9O. The van der Waals surface area contributed by atoms with Gasteiger partial charge in [-0.25, -0.2) is 9.99 Å². The van der Waals surface area contributed by atoms with Gasteiger partial charge in [0.05, 0.1) is 54.7 Å². The molecule has 5 rings (SSSR count). The number of hydrogen-bond donors (Lipinski definition) is 2. The predicted molar refractivity (Wildman–Crippen MR) is 123 cm³/mol. The molecule has 1 aliphatic carbocycles. The molecule has 162 valence electrons. The lowest BCUT2D eigenvalue weighted by Gasteiger charge is -2.24. The third kappa shape index (κ3) is 3.78. The molecule has 0 unspecified atom stereocenters. The molecule has 1 aliphatic heterocycles. The van der Waals surface area contributed by atoms with E-state index < -0.39 is 0 Å². The first-order chi connectivity index (χ1) is 15.7. The molecule has 3 aromatic heterocycles. The van der Waals surface area contributed by atoms with Crippen LogP contribution in [0.1, 0.15) is 24.4 Å². The molecule has 4 heterocycles. The van der Waals surface area contributed by atoms with Gasteiger partial charge in [0.2, 0.25) is 0 Å². The van der Waals surface area contributed by atoms with Crippen molar-refractivity contribution in [1.29, 1.82) is 0 Å². The Morgan fingerprint density at radius 2 is 2.19 bits per heavy atom. The van der Waals surface area contributed by atoms with E-state index in [-0.39, 0.29) is 0 Å². The second-order valence-electron chi connectivity index (χ2n) is 7.56. The first-order valence-electron chi connectivity index (χ1n) is 10.3. The van der Waals surface area contributed by atoms with Crippen LogP contribution < -0.4 is 15.9 Å². The minimum atomic E-state index is 0.314. The second kappa shape index (κ2) is 8.14. The topological polar surface area (TPSA) is 119 Å². The van der Waals surface area contributed by atoms with Gasteiger partial charge < -0.3 is 15.9 Å². The number of anilines is 1. The number of nitrogens with zero attached hydrogens (tertiary/aromatic N) is 7. The van der Waals surface area contributed by atoms with E-state index in [1.54, 1.807) is 24.5 Å². The maximum Gasteiger partial charge on any atom is 0.169 e. The van der Waals surface area contributed by atoms with Crippen LogP contribution in [0.15, 0.2) is 71.6 Å². The number of pyridine rings is 2. The minimum Gasteiger partial charge on any atom is -0.495 e. The number of fused-ring (bicyclic) bond motifs is 1. The Labute approximate surface area is 184 Å². The summed E-state index contributed by atoms with van der Waals surface area (Å²) in [7, 11) is 1.60. The first-order valence-corrected chi connectivity index (χ1v) is 10.3. The van der Waals surface area contributed by atoms with Crippen LogP contribution in [-0.2, 0) is 0 Å². The number of hydrazone groups is 2. The third-order valence-electron chi connectivity index (χ3n) is 5.35. The average Bonchev–Trinajstić information content (AvgIpc) is 3.56. The normalized spacial score (nSPS) is 16.4. The summed E-state index contributed by atoms with van der Waals surface area (Å²) in [4.78, 5) is 8.82. The summed E-state index contributed by atoms with van der Waals surface area (Å²) in [5, 5.41) is 18.1. The third-order valence-corrected chi connectivity index (χ3v) is 5.35. The van der Waals surface area contributed by atoms with Gasteiger partial charge in [0.1, 0.15) is 11.3 Å². The number of hydrogen-bond acceptors (Lipinski definition) is 8. The predicted octanol–water partition coefficient (Wildman–Crippen LogP) is 2.64. The van der Waals surface area contributed by atoms with Crippen molar-refractivity contribution in [3.05, 3.63) is 66.9 Å². The van der Waals surface area contributed by atoms with Crippen LogP contribution in [0, 0.1) is 0 Å². The van der Waals surface area contributed by atoms with Crippen LogP contribution in [-0.4, -0.2) is 50.0 Å². The molecule has 0 bridgehead atoms. The van der Waals surface area contributed by atoms with E-state index in [1.165, 1.54) is 12.8 Å². The van der Waals surface area contributed by atoms with Crippen LogP contribution >= 0.6 is 0 Å². The summed E-state index contributed by atoms with van der Waals surface area (Å²) in [5.74, 6) is 6.88. The molecule has 0 aromatic carbocycles. The van der Waals surface area contributed by atoms with E-state index in [0.717, 1.165) is 28.0 Å². The molecule has 2 aliphatic rings. The number of amidine groups is 1. The molecule has 1 saturated carbocycles. The average molecular weight is 429 g/mol. The molecule has 0 amide bonds. The van der Waals surface area contributed by atoms with Crippen LogP contribution in [0.3, 0.4) is 0 Å². The highest BCUT2D eigenvalue weighted by Crippen LogP contribution is 2.34. The largest absolute Gasteiger partial charge is 0.495 e. The first kappa shape index (κ1) is 19.7. The maximum atomic E-state index is 5.73. The van der Waals surface area contributed by atoms with E-state index in [1.807, 2.05) is 41.4 Å². The standard InChI is InChI=1S/C22H23N9O/c1-14-3-6-18(15-10-27-30(13-15)16-4-5-16)29-31(14)21(28-23)12-25-19-7-8-24-20-9-17(32-2)11-26-22(19)20/h3,6-11,13,16H,1,4-5,12,23H2,2H3,(H,24,25)/b28-21-. The van der Waals surface area contributed by atoms with Gasteiger partial charge in [0.15, 0.2) is 5.84 Å². The van der Waals surface area contributed by atoms with Gasteiger partial charge in [-0.05, 0) is 31.1 Å². The summed E-state index contributed by atoms with van der Waals surface area (Å²) in [6, 6.07) is 4.19. The summed E-state index contributed by atoms with van der Waals surface area (Å²) in [5.41, 5.74) is 4.61. The summed E-state index contributed by atoms with van der Waals surface area (Å²) < 4.78 is 7.23. The van der Waals surface area contributed by atoms with Crippen LogP contribution in [0.4, 0.5) is 5.69 Å². The Balaban J connectivity index is 1.36. The van der Waals surface area contributed by atoms with Gasteiger partial charge in [-0.15, -0.1) is 0 Å². The minimum absolute atomic E-state index is 0.314. The summed E-state index contributed by atoms with van der Waals surface area (Å²) in [6.07, 6.45) is 13.4. The number of ether oxygens (including phenoxy) is 1. The second-order valence-corrected chi connectivity index (χ2v) is 7.56. The number of methoxy groups -OCH3 is 1. The zero-order valence-corrected chi connectivity index (χ0v) is 17.6. The molecule has 10 nitrogen and oxygen atoms in total. The van der Waals surface area contributed by atoms with Crippen molar-refractivity contribution in [1.82, 2.24) is 24.8 Å². The molecule has 3 N–H and O–H groups in total. The Bertz CT molecular complexity index is 1270. The van der Waals surface area contributed by atoms with Crippen molar-refractivity contribution in [3.8, 4) is 5.75 Å². The zero-order valence-electron chi connectivity index (χ0n) is 17.6. The SMILES string of the molecule is C=C1C=CC(c2cnn(C3CC3)c2)=NN1/C(CNc1ccnc2cc(OC)cnc12)=N\N. The maximum absolute atomic E-state index is 5.73. The highest BCUT2D eigenvalue weighted by molar-refractivity contribution is 6.10. The molecule has 0 saturated heterocycles. The Hall–Kier alpha value is -4.21. The van der Waals surface area contributed by atoms with Crippen LogP contribution in [0.5, 0.6) is 5.75 Å². The van der Waals surface area contributed by atoms with Gasteiger partial charge in [0.25, 0.3) is 0 Å². The van der Waals surface area contributed by atoms with Crippen molar-refractivity contribution < 1.29 is 4.74 Å². The highest BCUT2D eigenvalue weighted by Gasteiger charge is 2.25. The number of nitrogens with two attached hydrogens (primary N) is 1. The smallest absolute Gasteiger partial charge is 0.169 e. The Kier molecular flexibility index (Phi) is 5.02. The van der Waals surface area contributed by atoms with E-state index in [9.17, 15) is 0 Å². The molecule has 32 heavy (non-hydrogen) atoms. The van der Waals surface area contributed by atoms with Crippen molar-refractivity contribution in [3.63, 3.8) is 0 Å². The molecule has 0 spiro atoms. The van der Waals surface area contributed by atoms with Gasteiger partial charge >= 0.3 is 0 Å². The molecule has 0 radical (unpaired) electrons. The lowest BCUT2D eigenvalue weighted by Crippen LogP contribution is -2.34. The molecule has 1 fully saturated rings. The zero-order chi connectivity index (χ0) is 22.1. The van der Waals surface area contributed by atoms with Gasteiger partial charge in [-0.1, -0.05) is 6.58 Å². The fourth-order valence-electron chi connectivity index (χ4n) is 3.45. The quantitative estimate of drug-likeness (QED) is 0.268. The van der Waals surface area contributed by atoms with Crippen molar-refractivity contribution >= 4 is 28.3 Å². The molecule has 0 atom stereocenters. The van der Waals surface area contributed by atoms with Crippen molar-refractivity contribution in [2.45, 2.75) is 18.9 Å². The fraction of sp³-hybridized carbons (Fsp3) is 0.227. The molecule has 10 heteroatoms. The number of aromatic nitrogens is 4. The lowest BCUT2D eigenvalue weighted by molar-refractivity contribution is 0.413. The summed E-state index contributed by atoms with van der Waals surface area (Å²) in [6.45, 7) is 4.38. The number of allylic oxidation sites excluding steroid dienone is 2. The van der Waals surface area contributed by atoms with E-state index in [0.29, 0.717) is 29.9 Å². The van der Waals surface area contributed by atoms with Gasteiger partial charge in [0, 0.05) is 24.0 Å². The molecular weight excluding hydrogens is 406 g/mol. The van der Waals surface area contributed by atoms with Crippen LogP contribution in [0.2, 0.25) is 0 Å². The Morgan fingerprint density at radius 3 is 2.97 bits per heavy atom. The monoisotopic (exact) mass is 429 g/mol. The Morgan fingerprint density at radius 1 is 1.31 bits per heavy atom. The van der Waals surface area contributed by atoms with Gasteiger partial charge in [-0.2, -0.15) is 15.3 Å². The highest BCUT2D eigenvalue weighted by atomic mass is 16.5. The van der Waals surface area contributed by atoms with E-state index >= 15 is 0 Å². The van der Waals surface area contributed by atoms with Crippen molar-refractivity contribution in [2.24, 2.45) is 16.0 Å². The summed E-state index contributed by atoms with van der Waals surface area (Å²) >= 11 is 0. The fourth-order valence-corrected chi connectivity index (χ4v) is 3.45. The van der Waals surface area contributed by atoms with E-state index in [4.69, 9.17) is 15.7 Å².